The molecule has 1 saturated carbocycles. The molecule has 0 saturated heterocycles. The van der Waals surface area contributed by atoms with E-state index in [2.05, 4.69) is 12.5 Å². The second kappa shape index (κ2) is 6.23. The molecule has 0 amide bonds. The highest BCUT2D eigenvalue weighted by molar-refractivity contribution is 7.95. The van der Waals surface area contributed by atoms with Gasteiger partial charge in [-0.1, -0.05) is 6.42 Å². The average molecular weight is 217 g/mol. The number of methoxy groups -OCH3 is 1. The van der Waals surface area contributed by atoms with Crippen LogP contribution in [0.5, 0.6) is 0 Å². The normalized spacial score (nSPS) is 17.0. The standard InChI is InChI=1S/C11H21O2S/c1-12-11(13-9-14(2)3)10-7-5-4-6-8-10/h4-9H2,1-3H3/q+1. The molecule has 0 aromatic carbocycles. The van der Waals surface area contributed by atoms with Crippen LogP contribution in [0.25, 0.3) is 0 Å². The van der Waals surface area contributed by atoms with Crippen molar-refractivity contribution in [3.05, 3.63) is 11.5 Å². The van der Waals surface area contributed by atoms with Crippen LogP contribution in [0.1, 0.15) is 32.1 Å². The van der Waals surface area contributed by atoms with Crippen LogP contribution in [0.15, 0.2) is 11.5 Å². The van der Waals surface area contributed by atoms with Gasteiger partial charge in [-0.15, -0.1) is 0 Å². The predicted octanol–water partition coefficient (Wildman–Crippen LogP) is 2.66. The highest BCUT2D eigenvalue weighted by Crippen LogP contribution is 2.26. The van der Waals surface area contributed by atoms with Gasteiger partial charge < -0.3 is 9.47 Å². The molecule has 1 aliphatic carbocycles. The Balaban J connectivity index is 2.48. The Kier molecular flexibility index (Phi) is 5.23. The summed E-state index contributed by atoms with van der Waals surface area (Å²) in [6, 6.07) is 0. The summed E-state index contributed by atoms with van der Waals surface area (Å²) in [5.41, 5.74) is 1.38. The van der Waals surface area contributed by atoms with Gasteiger partial charge in [0.2, 0.25) is 5.94 Å². The Morgan fingerprint density at radius 2 is 1.86 bits per heavy atom. The van der Waals surface area contributed by atoms with Gasteiger partial charge in [0.15, 0.2) is 0 Å². The number of rotatable bonds is 4. The quantitative estimate of drug-likeness (QED) is 0.532. The van der Waals surface area contributed by atoms with E-state index in [1.165, 1.54) is 24.8 Å². The van der Waals surface area contributed by atoms with Gasteiger partial charge in [-0.3, -0.25) is 0 Å². The van der Waals surface area contributed by atoms with E-state index in [0.717, 1.165) is 24.7 Å². The minimum absolute atomic E-state index is 0.321. The zero-order valence-electron chi connectivity index (χ0n) is 9.47. The smallest absolute Gasteiger partial charge is 0.281 e. The summed E-state index contributed by atoms with van der Waals surface area (Å²) in [6.07, 6.45) is 10.6. The molecule has 0 aromatic heterocycles. The van der Waals surface area contributed by atoms with E-state index in [0.29, 0.717) is 10.9 Å². The minimum atomic E-state index is 0.321. The summed E-state index contributed by atoms with van der Waals surface area (Å²) in [5, 5.41) is 0. The van der Waals surface area contributed by atoms with Crippen LogP contribution in [-0.4, -0.2) is 25.6 Å². The van der Waals surface area contributed by atoms with E-state index in [1.807, 2.05) is 0 Å². The minimum Gasteiger partial charge on any atom is -0.469 e. The summed E-state index contributed by atoms with van der Waals surface area (Å²) < 4.78 is 11.0. The molecule has 3 heteroatoms. The van der Waals surface area contributed by atoms with E-state index in [1.54, 1.807) is 7.11 Å². The third-order valence-electron chi connectivity index (χ3n) is 2.36. The lowest BCUT2D eigenvalue weighted by Crippen LogP contribution is -2.10. The largest absolute Gasteiger partial charge is 0.469 e. The molecule has 1 aliphatic rings. The van der Waals surface area contributed by atoms with E-state index in [4.69, 9.17) is 9.47 Å². The van der Waals surface area contributed by atoms with Crippen LogP contribution < -0.4 is 0 Å². The second-order valence-electron chi connectivity index (χ2n) is 3.90. The molecule has 2 nitrogen and oxygen atoms in total. The van der Waals surface area contributed by atoms with Gasteiger partial charge in [0.1, 0.15) is 12.5 Å². The van der Waals surface area contributed by atoms with Gasteiger partial charge in [0, 0.05) is 16.5 Å². The fourth-order valence-corrected chi connectivity index (χ4v) is 2.00. The lowest BCUT2D eigenvalue weighted by atomic mass is 9.96. The van der Waals surface area contributed by atoms with Crippen molar-refractivity contribution in [1.82, 2.24) is 0 Å². The van der Waals surface area contributed by atoms with Crippen molar-refractivity contribution in [2.45, 2.75) is 32.1 Å². The first-order valence-corrected chi connectivity index (χ1v) is 7.38. The lowest BCUT2D eigenvalue weighted by molar-refractivity contribution is 0.0791. The third-order valence-corrected chi connectivity index (χ3v) is 2.95. The molecule has 0 heterocycles. The van der Waals surface area contributed by atoms with E-state index in [9.17, 15) is 0 Å². The van der Waals surface area contributed by atoms with Gasteiger partial charge in [-0.05, 0) is 25.7 Å². The van der Waals surface area contributed by atoms with E-state index < -0.39 is 0 Å². The number of allylic oxidation sites excluding steroid dienone is 1. The van der Waals surface area contributed by atoms with Crippen molar-refractivity contribution >= 4 is 10.9 Å². The fraction of sp³-hybridized carbons (Fsp3) is 0.818. The summed E-state index contributed by atoms with van der Waals surface area (Å²) in [7, 11) is 2.03. The van der Waals surface area contributed by atoms with Crippen LogP contribution >= 0.6 is 0 Å². The molecule has 82 valence electrons. The maximum absolute atomic E-state index is 5.66. The first-order valence-electron chi connectivity index (χ1n) is 5.17. The monoisotopic (exact) mass is 217 g/mol. The second-order valence-corrected chi connectivity index (χ2v) is 6.11. The van der Waals surface area contributed by atoms with Crippen molar-refractivity contribution in [2.24, 2.45) is 0 Å². The highest BCUT2D eigenvalue weighted by Gasteiger charge is 2.15. The number of ether oxygens (including phenoxy) is 2. The lowest BCUT2D eigenvalue weighted by Gasteiger charge is -2.17. The van der Waals surface area contributed by atoms with Gasteiger partial charge in [0.25, 0.3) is 5.95 Å². The molecule has 0 spiro atoms. The molecule has 0 N–H and O–H groups in total. The third kappa shape index (κ3) is 3.82. The molecule has 14 heavy (non-hydrogen) atoms. The van der Waals surface area contributed by atoms with Crippen molar-refractivity contribution in [2.75, 3.05) is 25.6 Å². The van der Waals surface area contributed by atoms with Crippen molar-refractivity contribution in [3.8, 4) is 0 Å². The molecule has 0 aromatic rings. The molecular formula is C11H21O2S+. The summed E-state index contributed by atoms with van der Waals surface area (Å²) in [6.45, 7) is 0. The molecule has 0 radical (unpaired) electrons. The van der Waals surface area contributed by atoms with Gasteiger partial charge in [-0.25, -0.2) is 0 Å². The first kappa shape index (κ1) is 11.8. The molecule has 1 fully saturated rings. The van der Waals surface area contributed by atoms with Crippen LogP contribution in [0, 0.1) is 0 Å². The molecule has 0 atom stereocenters. The molecule has 0 aliphatic heterocycles. The number of hydrogen-bond acceptors (Lipinski definition) is 2. The SMILES string of the molecule is COC(OC[S+](C)C)=C1CCCCC1. The molecule has 1 rings (SSSR count). The van der Waals surface area contributed by atoms with Crippen molar-refractivity contribution in [3.63, 3.8) is 0 Å². The number of hydrogen-bond donors (Lipinski definition) is 0. The Bertz CT molecular complexity index is 191. The molecule has 0 unspecified atom stereocenters. The fourth-order valence-electron chi connectivity index (χ4n) is 1.66. The summed E-state index contributed by atoms with van der Waals surface area (Å²) >= 11 is 0. The Morgan fingerprint density at radius 3 is 2.36 bits per heavy atom. The maximum atomic E-state index is 5.66. The van der Waals surface area contributed by atoms with E-state index >= 15 is 0 Å². The Morgan fingerprint density at radius 1 is 1.21 bits per heavy atom. The average Bonchev–Trinajstić information content (AvgIpc) is 2.20. The molecular weight excluding hydrogens is 196 g/mol. The van der Waals surface area contributed by atoms with Gasteiger partial charge in [0.05, 0.1) is 7.11 Å². The molecule has 0 bridgehead atoms. The van der Waals surface area contributed by atoms with Crippen LogP contribution in [0.3, 0.4) is 0 Å². The highest BCUT2D eigenvalue weighted by atomic mass is 32.2. The summed E-state index contributed by atoms with van der Waals surface area (Å²) in [4.78, 5) is 0. The topological polar surface area (TPSA) is 18.5 Å². The van der Waals surface area contributed by atoms with E-state index in [-0.39, 0.29) is 0 Å². The Labute approximate surface area is 90.0 Å². The van der Waals surface area contributed by atoms with Crippen LogP contribution in [0.2, 0.25) is 0 Å². The van der Waals surface area contributed by atoms with Gasteiger partial charge >= 0.3 is 0 Å². The van der Waals surface area contributed by atoms with Crippen LogP contribution in [-0.2, 0) is 20.4 Å². The Hall–Kier alpha value is -0.310. The van der Waals surface area contributed by atoms with Crippen molar-refractivity contribution in [1.29, 1.82) is 0 Å². The summed E-state index contributed by atoms with van der Waals surface area (Å²) in [5.74, 6) is 1.58. The zero-order chi connectivity index (χ0) is 10.4. The zero-order valence-corrected chi connectivity index (χ0v) is 10.3. The van der Waals surface area contributed by atoms with Crippen LogP contribution in [0.4, 0.5) is 0 Å². The van der Waals surface area contributed by atoms with Gasteiger partial charge in [-0.2, -0.15) is 0 Å². The first-order chi connectivity index (χ1) is 6.74. The van der Waals surface area contributed by atoms with Crippen molar-refractivity contribution < 1.29 is 9.47 Å². The maximum Gasteiger partial charge on any atom is 0.281 e. The predicted molar refractivity (Wildman–Crippen MR) is 62.3 cm³/mol.